The van der Waals surface area contributed by atoms with E-state index in [4.69, 9.17) is 0 Å². The first-order chi connectivity index (χ1) is 7.29. The molecule has 0 atom stereocenters. The lowest BCUT2D eigenvalue weighted by Crippen LogP contribution is -2.34. The molecule has 0 saturated carbocycles. The molecule has 15 heavy (non-hydrogen) atoms. The zero-order chi connectivity index (χ0) is 10.7. The first-order valence-electron chi connectivity index (χ1n) is 5.08. The zero-order valence-electron chi connectivity index (χ0n) is 8.69. The lowest BCUT2D eigenvalue weighted by Gasteiger charge is -2.18. The standard InChI is InChI=1S/C9H14N4OS/c1-7-8(15-12-11-7)9(14)13-5-2-3-10-4-6-13/h10H,2-6H2,1H3. The van der Waals surface area contributed by atoms with Crippen LogP contribution in [0.4, 0.5) is 0 Å². The van der Waals surface area contributed by atoms with Crippen LogP contribution >= 0.6 is 11.5 Å². The van der Waals surface area contributed by atoms with Gasteiger partial charge in [0.1, 0.15) is 4.88 Å². The molecule has 1 saturated heterocycles. The van der Waals surface area contributed by atoms with Crippen molar-refractivity contribution in [1.29, 1.82) is 0 Å². The van der Waals surface area contributed by atoms with Gasteiger partial charge in [0.25, 0.3) is 5.91 Å². The van der Waals surface area contributed by atoms with Gasteiger partial charge in [0.15, 0.2) is 0 Å². The van der Waals surface area contributed by atoms with E-state index < -0.39 is 0 Å². The molecular weight excluding hydrogens is 212 g/mol. The van der Waals surface area contributed by atoms with E-state index in [-0.39, 0.29) is 5.91 Å². The fraction of sp³-hybridized carbons (Fsp3) is 0.667. The fourth-order valence-corrected chi connectivity index (χ4v) is 2.25. The summed E-state index contributed by atoms with van der Waals surface area (Å²) in [4.78, 5) is 14.6. The minimum Gasteiger partial charge on any atom is -0.337 e. The number of aromatic nitrogens is 2. The number of nitrogens with one attached hydrogen (secondary N) is 1. The number of carbonyl (C=O) groups is 1. The average molecular weight is 226 g/mol. The van der Waals surface area contributed by atoms with Gasteiger partial charge in [0.05, 0.1) is 5.69 Å². The maximum atomic E-state index is 12.1. The van der Waals surface area contributed by atoms with Gasteiger partial charge in [-0.25, -0.2) is 0 Å². The second-order valence-electron chi connectivity index (χ2n) is 3.58. The van der Waals surface area contributed by atoms with E-state index in [1.807, 2.05) is 11.8 Å². The summed E-state index contributed by atoms with van der Waals surface area (Å²) in [6, 6.07) is 0. The topological polar surface area (TPSA) is 58.1 Å². The summed E-state index contributed by atoms with van der Waals surface area (Å²) in [6.45, 7) is 5.28. The molecule has 1 aromatic heterocycles. The molecule has 1 aliphatic heterocycles. The zero-order valence-corrected chi connectivity index (χ0v) is 9.51. The minimum absolute atomic E-state index is 0.0752. The third-order valence-electron chi connectivity index (χ3n) is 2.47. The van der Waals surface area contributed by atoms with E-state index in [1.54, 1.807) is 0 Å². The highest BCUT2D eigenvalue weighted by atomic mass is 32.1. The molecule has 0 unspecified atom stereocenters. The maximum Gasteiger partial charge on any atom is 0.267 e. The van der Waals surface area contributed by atoms with Gasteiger partial charge in [0, 0.05) is 19.6 Å². The van der Waals surface area contributed by atoms with Gasteiger partial charge in [-0.1, -0.05) is 4.49 Å². The normalized spacial score (nSPS) is 17.5. The fourth-order valence-electron chi connectivity index (χ4n) is 1.62. The van der Waals surface area contributed by atoms with E-state index in [1.165, 1.54) is 11.5 Å². The Morgan fingerprint density at radius 2 is 2.33 bits per heavy atom. The Hall–Kier alpha value is -1.01. The number of aryl methyl sites for hydroxylation is 1. The Bertz CT molecular complexity index is 344. The largest absolute Gasteiger partial charge is 0.337 e. The van der Waals surface area contributed by atoms with E-state index in [0.29, 0.717) is 4.88 Å². The van der Waals surface area contributed by atoms with Gasteiger partial charge < -0.3 is 10.2 Å². The average Bonchev–Trinajstić information content (AvgIpc) is 2.53. The molecule has 0 aromatic carbocycles. The Labute approximate surface area is 92.6 Å². The summed E-state index contributed by atoms with van der Waals surface area (Å²) in [5.74, 6) is 0.0752. The van der Waals surface area contributed by atoms with Crippen LogP contribution in [0.25, 0.3) is 0 Å². The molecule has 1 fully saturated rings. The van der Waals surface area contributed by atoms with Crippen LogP contribution in [-0.4, -0.2) is 46.6 Å². The van der Waals surface area contributed by atoms with Crippen LogP contribution in [0.5, 0.6) is 0 Å². The third-order valence-corrected chi connectivity index (χ3v) is 3.29. The van der Waals surface area contributed by atoms with Crippen LogP contribution in [0.15, 0.2) is 0 Å². The highest BCUT2D eigenvalue weighted by molar-refractivity contribution is 7.07. The van der Waals surface area contributed by atoms with Crippen molar-refractivity contribution in [3.05, 3.63) is 10.6 Å². The van der Waals surface area contributed by atoms with Gasteiger partial charge >= 0.3 is 0 Å². The number of hydrogen-bond donors (Lipinski definition) is 1. The molecule has 1 N–H and O–H groups in total. The molecule has 1 aliphatic rings. The molecule has 0 spiro atoms. The summed E-state index contributed by atoms with van der Waals surface area (Å²) >= 11 is 1.19. The summed E-state index contributed by atoms with van der Waals surface area (Å²) in [5, 5.41) is 7.13. The number of carbonyl (C=O) groups excluding carboxylic acids is 1. The Balaban J connectivity index is 2.09. The number of amides is 1. The molecule has 5 nitrogen and oxygen atoms in total. The predicted octanol–water partition coefficient (Wildman–Crippen LogP) is 0.282. The highest BCUT2D eigenvalue weighted by Crippen LogP contribution is 2.13. The molecule has 0 bridgehead atoms. The highest BCUT2D eigenvalue weighted by Gasteiger charge is 2.20. The van der Waals surface area contributed by atoms with Crippen molar-refractivity contribution in [2.24, 2.45) is 0 Å². The van der Waals surface area contributed by atoms with Crippen molar-refractivity contribution in [1.82, 2.24) is 19.8 Å². The van der Waals surface area contributed by atoms with E-state index in [0.717, 1.165) is 38.3 Å². The lowest BCUT2D eigenvalue weighted by molar-refractivity contribution is 0.0770. The van der Waals surface area contributed by atoms with Gasteiger partial charge in [-0.05, 0) is 31.4 Å². The molecule has 1 aromatic rings. The predicted molar refractivity (Wildman–Crippen MR) is 58.0 cm³/mol. The van der Waals surface area contributed by atoms with E-state index in [2.05, 4.69) is 14.9 Å². The molecule has 1 amide bonds. The Morgan fingerprint density at radius 3 is 3.07 bits per heavy atom. The van der Waals surface area contributed by atoms with E-state index >= 15 is 0 Å². The summed E-state index contributed by atoms with van der Waals surface area (Å²) < 4.78 is 3.79. The van der Waals surface area contributed by atoms with Crippen molar-refractivity contribution < 1.29 is 4.79 Å². The number of nitrogens with zero attached hydrogens (tertiary/aromatic N) is 3. The lowest BCUT2D eigenvalue weighted by atomic mass is 10.3. The number of hydrogen-bond acceptors (Lipinski definition) is 5. The van der Waals surface area contributed by atoms with Crippen LogP contribution < -0.4 is 5.32 Å². The van der Waals surface area contributed by atoms with E-state index in [9.17, 15) is 4.79 Å². The number of rotatable bonds is 1. The molecule has 0 aliphatic carbocycles. The first-order valence-corrected chi connectivity index (χ1v) is 5.85. The SMILES string of the molecule is Cc1nnsc1C(=O)N1CCCNCC1. The van der Waals surface area contributed by atoms with Gasteiger partial charge in [0.2, 0.25) is 0 Å². The smallest absolute Gasteiger partial charge is 0.267 e. The molecule has 2 rings (SSSR count). The van der Waals surface area contributed by atoms with Gasteiger partial charge in [-0.3, -0.25) is 4.79 Å². The molecule has 6 heteroatoms. The second-order valence-corrected chi connectivity index (χ2v) is 4.34. The van der Waals surface area contributed by atoms with Gasteiger partial charge in [-0.15, -0.1) is 5.10 Å². The molecule has 2 heterocycles. The van der Waals surface area contributed by atoms with Crippen LogP contribution in [0.2, 0.25) is 0 Å². The van der Waals surface area contributed by atoms with Crippen LogP contribution in [0.3, 0.4) is 0 Å². The summed E-state index contributed by atoms with van der Waals surface area (Å²) in [6.07, 6.45) is 1.01. The van der Waals surface area contributed by atoms with Crippen molar-refractivity contribution in [3.8, 4) is 0 Å². The summed E-state index contributed by atoms with van der Waals surface area (Å²) in [5.41, 5.74) is 0.738. The molecular formula is C9H14N4OS. The molecule has 82 valence electrons. The summed E-state index contributed by atoms with van der Waals surface area (Å²) in [7, 11) is 0. The Kier molecular flexibility index (Phi) is 3.27. The monoisotopic (exact) mass is 226 g/mol. The maximum absolute atomic E-state index is 12.1. The van der Waals surface area contributed by atoms with Crippen molar-refractivity contribution in [2.75, 3.05) is 26.2 Å². The quantitative estimate of drug-likeness (QED) is 0.747. The van der Waals surface area contributed by atoms with Crippen molar-refractivity contribution >= 4 is 17.4 Å². The third kappa shape index (κ3) is 2.32. The van der Waals surface area contributed by atoms with Crippen molar-refractivity contribution in [3.63, 3.8) is 0 Å². The van der Waals surface area contributed by atoms with Crippen LogP contribution in [0.1, 0.15) is 21.8 Å². The van der Waals surface area contributed by atoms with Crippen molar-refractivity contribution in [2.45, 2.75) is 13.3 Å². The second kappa shape index (κ2) is 4.67. The van der Waals surface area contributed by atoms with Crippen LogP contribution in [-0.2, 0) is 0 Å². The first kappa shape index (κ1) is 10.5. The minimum atomic E-state index is 0.0752. The van der Waals surface area contributed by atoms with Crippen LogP contribution in [0, 0.1) is 6.92 Å². The van der Waals surface area contributed by atoms with Gasteiger partial charge in [-0.2, -0.15) is 0 Å². The molecule has 0 radical (unpaired) electrons. The Morgan fingerprint density at radius 1 is 1.47 bits per heavy atom.